The molecule has 1 rings (SSSR count). The van der Waals surface area contributed by atoms with Gasteiger partial charge in [-0.2, -0.15) is 5.26 Å². The molecule has 0 fully saturated rings. The predicted molar refractivity (Wildman–Crippen MR) is 39.8 cm³/mol. The minimum atomic E-state index is -0.540. The van der Waals surface area contributed by atoms with Crippen LogP contribution in [-0.4, -0.2) is 17.1 Å². The van der Waals surface area contributed by atoms with Crippen molar-refractivity contribution < 1.29 is 0 Å². The van der Waals surface area contributed by atoms with Gasteiger partial charge in [-0.25, -0.2) is 0 Å². The fourth-order valence-corrected chi connectivity index (χ4v) is 0.865. The summed E-state index contributed by atoms with van der Waals surface area (Å²) in [6.45, 7) is 0.514. The summed E-state index contributed by atoms with van der Waals surface area (Å²) in [5, 5.41) is 8.53. The van der Waals surface area contributed by atoms with Crippen molar-refractivity contribution >= 4 is 22.1 Å². The molecule has 0 N–H and O–H groups in total. The van der Waals surface area contributed by atoms with Crippen LogP contribution in [0.15, 0.2) is 17.1 Å². The van der Waals surface area contributed by atoms with Crippen LogP contribution in [0.4, 0.5) is 0 Å². The SMILES string of the molecule is N#CC1(Br)C=CC=NC1. The Hall–Kier alpha value is -0.620. The van der Waals surface area contributed by atoms with E-state index in [1.807, 2.05) is 0 Å². The summed E-state index contributed by atoms with van der Waals surface area (Å²) in [7, 11) is 0. The van der Waals surface area contributed by atoms with E-state index in [0.29, 0.717) is 6.54 Å². The van der Waals surface area contributed by atoms with Crippen LogP contribution < -0.4 is 0 Å². The van der Waals surface area contributed by atoms with Crippen molar-refractivity contribution in [3.8, 4) is 6.07 Å². The molecule has 9 heavy (non-hydrogen) atoms. The summed E-state index contributed by atoms with van der Waals surface area (Å²) >= 11 is 3.23. The third kappa shape index (κ3) is 1.39. The summed E-state index contributed by atoms with van der Waals surface area (Å²) in [4.78, 5) is 3.92. The van der Waals surface area contributed by atoms with E-state index >= 15 is 0 Å². The smallest absolute Gasteiger partial charge is 0.150 e. The quantitative estimate of drug-likeness (QED) is 0.523. The van der Waals surface area contributed by atoms with Gasteiger partial charge in [-0.3, -0.25) is 4.99 Å². The van der Waals surface area contributed by atoms with Crippen LogP contribution in [0.2, 0.25) is 0 Å². The van der Waals surface area contributed by atoms with Crippen molar-refractivity contribution in [2.75, 3.05) is 6.54 Å². The van der Waals surface area contributed by atoms with Gasteiger partial charge in [0.25, 0.3) is 0 Å². The highest BCUT2D eigenvalue weighted by atomic mass is 79.9. The van der Waals surface area contributed by atoms with E-state index in [-0.39, 0.29) is 0 Å². The number of halogens is 1. The lowest BCUT2D eigenvalue weighted by atomic mass is 10.1. The van der Waals surface area contributed by atoms with Gasteiger partial charge >= 0.3 is 0 Å². The fraction of sp³-hybridized carbons (Fsp3) is 0.333. The molecule has 0 aliphatic carbocycles. The third-order valence-electron chi connectivity index (χ3n) is 1.06. The van der Waals surface area contributed by atoms with E-state index in [1.54, 1.807) is 18.4 Å². The highest BCUT2D eigenvalue weighted by Gasteiger charge is 2.22. The van der Waals surface area contributed by atoms with Gasteiger partial charge < -0.3 is 0 Å². The van der Waals surface area contributed by atoms with Crippen molar-refractivity contribution in [1.82, 2.24) is 0 Å². The van der Waals surface area contributed by atoms with Crippen molar-refractivity contribution in [3.63, 3.8) is 0 Å². The maximum Gasteiger partial charge on any atom is 0.150 e. The number of hydrogen-bond acceptors (Lipinski definition) is 2. The number of nitrogens with zero attached hydrogens (tertiary/aromatic N) is 2. The van der Waals surface area contributed by atoms with Crippen LogP contribution in [0.5, 0.6) is 0 Å². The first-order valence-electron chi connectivity index (χ1n) is 2.55. The second kappa shape index (κ2) is 2.32. The second-order valence-corrected chi connectivity index (χ2v) is 3.24. The number of allylic oxidation sites excluding steroid dienone is 1. The third-order valence-corrected chi connectivity index (χ3v) is 1.75. The Balaban J connectivity index is 2.77. The molecular formula is C6H5BrN2. The van der Waals surface area contributed by atoms with Crippen molar-refractivity contribution in [1.29, 1.82) is 5.26 Å². The summed E-state index contributed by atoms with van der Waals surface area (Å²) < 4.78 is -0.540. The zero-order chi connectivity index (χ0) is 6.74. The maximum atomic E-state index is 8.53. The van der Waals surface area contributed by atoms with E-state index in [1.165, 1.54) is 0 Å². The number of alkyl halides is 1. The van der Waals surface area contributed by atoms with Crippen LogP contribution in [0.3, 0.4) is 0 Å². The normalized spacial score (nSPS) is 32.0. The Labute approximate surface area is 62.0 Å². The average molecular weight is 185 g/mol. The number of nitriles is 1. The molecule has 1 heterocycles. The highest BCUT2D eigenvalue weighted by molar-refractivity contribution is 9.10. The van der Waals surface area contributed by atoms with Crippen LogP contribution in [0.1, 0.15) is 0 Å². The molecule has 0 radical (unpaired) electrons. The minimum Gasteiger partial charge on any atom is -0.290 e. The largest absolute Gasteiger partial charge is 0.290 e. The molecule has 0 aromatic heterocycles. The lowest BCUT2D eigenvalue weighted by molar-refractivity contribution is 0.899. The molecule has 1 aliphatic heterocycles. The number of dihydropyridines is 1. The first-order valence-corrected chi connectivity index (χ1v) is 3.34. The molecule has 1 aliphatic rings. The molecule has 46 valence electrons. The highest BCUT2D eigenvalue weighted by Crippen LogP contribution is 2.20. The summed E-state index contributed by atoms with van der Waals surface area (Å²) in [6.07, 6.45) is 5.25. The van der Waals surface area contributed by atoms with Gasteiger partial charge in [0.05, 0.1) is 12.6 Å². The molecule has 0 amide bonds. The lowest BCUT2D eigenvalue weighted by Gasteiger charge is -2.12. The molecule has 0 bridgehead atoms. The van der Waals surface area contributed by atoms with E-state index in [4.69, 9.17) is 5.26 Å². The summed E-state index contributed by atoms with van der Waals surface area (Å²) in [5.41, 5.74) is 0. The molecule has 0 aromatic carbocycles. The molecular weight excluding hydrogens is 180 g/mol. The van der Waals surface area contributed by atoms with Gasteiger partial charge in [0.1, 0.15) is 4.32 Å². The van der Waals surface area contributed by atoms with Crippen LogP contribution in [0, 0.1) is 11.3 Å². The number of aliphatic imine (C=N–C) groups is 1. The number of rotatable bonds is 0. The first-order chi connectivity index (χ1) is 4.27. The molecule has 0 spiro atoms. The second-order valence-electron chi connectivity index (χ2n) is 1.82. The molecule has 0 saturated carbocycles. The van der Waals surface area contributed by atoms with Gasteiger partial charge in [0.15, 0.2) is 0 Å². The minimum absolute atomic E-state index is 0.514. The van der Waals surface area contributed by atoms with Gasteiger partial charge in [-0.05, 0) is 6.08 Å². The van der Waals surface area contributed by atoms with Crippen molar-refractivity contribution in [2.24, 2.45) is 4.99 Å². The zero-order valence-electron chi connectivity index (χ0n) is 4.71. The maximum absolute atomic E-state index is 8.53. The zero-order valence-corrected chi connectivity index (χ0v) is 6.30. The van der Waals surface area contributed by atoms with Gasteiger partial charge in [0.2, 0.25) is 0 Å². The van der Waals surface area contributed by atoms with Crippen LogP contribution >= 0.6 is 15.9 Å². The Morgan fingerprint density at radius 1 is 1.78 bits per heavy atom. The molecule has 0 saturated heterocycles. The average Bonchev–Trinajstić information content (AvgIpc) is 1.90. The Bertz CT molecular complexity index is 202. The molecule has 2 nitrogen and oxygen atoms in total. The van der Waals surface area contributed by atoms with E-state index in [9.17, 15) is 0 Å². The van der Waals surface area contributed by atoms with Gasteiger partial charge in [-0.15, -0.1) is 0 Å². The fourth-order valence-electron chi connectivity index (χ4n) is 0.567. The Morgan fingerprint density at radius 2 is 2.56 bits per heavy atom. The molecule has 1 atom stereocenters. The molecule has 0 aromatic rings. The monoisotopic (exact) mass is 184 g/mol. The van der Waals surface area contributed by atoms with Crippen LogP contribution in [0.25, 0.3) is 0 Å². The van der Waals surface area contributed by atoms with Crippen LogP contribution in [-0.2, 0) is 0 Å². The standard InChI is InChI=1S/C6H5BrN2/c7-6(4-8)2-1-3-9-5-6/h1-3H,5H2. The van der Waals surface area contributed by atoms with Crippen molar-refractivity contribution in [3.05, 3.63) is 12.2 Å². The number of hydrogen-bond donors (Lipinski definition) is 0. The van der Waals surface area contributed by atoms with Gasteiger partial charge in [-0.1, -0.05) is 22.0 Å². The topological polar surface area (TPSA) is 36.1 Å². The molecule has 3 heteroatoms. The summed E-state index contributed by atoms with van der Waals surface area (Å²) in [6, 6.07) is 2.10. The van der Waals surface area contributed by atoms with Crippen molar-refractivity contribution in [2.45, 2.75) is 4.32 Å². The Morgan fingerprint density at radius 3 is 2.89 bits per heavy atom. The van der Waals surface area contributed by atoms with E-state index in [0.717, 1.165) is 0 Å². The van der Waals surface area contributed by atoms with E-state index in [2.05, 4.69) is 27.0 Å². The summed E-state index contributed by atoms with van der Waals surface area (Å²) in [5.74, 6) is 0. The Kier molecular flexibility index (Phi) is 1.68. The predicted octanol–water partition coefficient (Wildman–Crippen LogP) is 1.28. The van der Waals surface area contributed by atoms with E-state index < -0.39 is 4.32 Å². The van der Waals surface area contributed by atoms with Gasteiger partial charge in [0, 0.05) is 6.21 Å². The molecule has 1 unspecified atom stereocenters. The lowest BCUT2D eigenvalue weighted by Crippen LogP contribution is -2.20. The first kappa shape index (κ1) is 6.50.